The van der Waals surface area contributed by atoms with Crippen LogP contribution in [0.1, 0.15) is 59.3 Å². The van der Waals surface area contributed by atoms with Crippen LogP contribution in [0.3, 0.4) is 0 Å². The third kappa shape index (κ3) is 11.2. The van der Waals surface area contributed by atoms with Gasteiger partial charge in [-0.3, -0.25) is 4.79 Å². The van der Waals surface area contributed by atoms with Gasteiger partial charge in [-0.2, -0.15) is 0 Å². The van der Waals surface area contributed by atoms with Crippen LogP contribution in [0.25, 0.3) is 0 Å². The Bertz CT molecular complexity index is 264. The van der Waals surface area contributed by atoms with Gasteiger partial charge in [-0.25, -0.2) is 0 Å². The summed E-state index contributed by atoms with van der Waals surface area (Å²) < 4.78 is 10.4. The number of carbonyl (C=O) groups is 1. The van der Waals surface area contributed by atoms with Crippen molar-refractivity contribution in [3.05, 3.63) is 0 Å². The van der Waals surface area contributed by atoms with E-state index >= 15 is 0 Å². The molecular formula is C14H28O6. The summed E-state index contributed by atoms with van der Waals surface area (Å²) in [5.41, 5.74) is -0.336. The van der Waals surface area contributed by atoms with Gasteiger partial charge in [-0.15, -0.1) is 0 Å². The third-order valence-corrected chi connectivity index (χ3v) is 3.02. The Morgan fingerprint density at radius 2 is 1.80 bits per heavy atom. The lowest BCUT2D eigenvalue weighted by molar-refractivity contribution is -0.176. The Kier molecular flexibility index (Phi) is 9.75. The SMILES string of the molecule is CCC(C)(C)OC(O)CCCCOC(=O)CCC(O)O. The summed E-state index contributed by atoms with van der Waals surface area (Å²) in [6.45, 7) is 6.11. The number of unbranched alkanes of at least 4 members (excludes halogenated alkanes) is 1. The molecule has 1 atom stereocenters. The number of esters is 1. The fourth-order valence-corrected chi connectivity index (χ4v) is 1.44. The third-order valence-electron chi connectivity index (χ3n) is 3.02. The molecule has 6 nitrogen and oxygen atoms in total. The second-order valence-electron chi connectivity index (χ2n) is 5.42. The maximum absolute atomic E-state index is 11.2. The first-order valence-corrected chi connectivity index (χ1v) is 7.14. The van der Waals surface area contributed by atoms with Gasteiger partial charge in [0, 0.05) is 6.42 Å². The van der Waals surface area contributed by atoms with Gasteiger partial charge in [0.1, 0.15) is 0 Å². The van der Waals surface area contributed by atoms with Gasteiger partial charge >= 0.3 is 5.97 Å². The van der Waals surface area contributed by atoms with E-state index in [1.54, 1.807) is 0 Å². The maximum Gasteiger partial charge on any atom is 0.305 e. The molecule has 0 fully saturated rings. The molecule has 0 aliphatic heterocycles. The second-order valence-corrected chi connectivity index (χ2v) is 5.42. The molecule has 1 unspecified atom stereocenters. The number of aliphatic hydroxyl groups is 3. The predicted molar refractivity (Wildman–Crippen MR) is 73.7 cm³/mol. The maximum atomic E-state index is 11.2. The highest BCUT2D eigenvalue weighted by atomic mass is 16.6. The molecule has 0 spiro atoms. The van der Waals surface area contributed by atoms with Crippen LogP contribution in [0.2, 0.25) is 0 Å². The van der Waals surface area contributed by atoms with Crippen molar-refractivity contribution in [1.29, 1.82) is 0 Å². The molecule has 0 saturated carbocycles. The zero-order valence-electron chi connectivity index (χ0n) is 12.7. The molecule has 0 aliphatic carbocycles. The molecule has 6 heteroatoms. The Morgan fingerprint density at radius 1 is 1.15 bits per heavy atom. The largest absolute Gasteiger partial charge is 0.466 e. The van der Waals surface area contributed by atoms with E-state index in [0.29, 0.717) is 19.3 Å². The number of carbonyl (C=O) groups excluding carboxylic acids is 1. The zero-order valence-corrected chi connectivity index (χ0v) is 12.7. The van der Waals surface area contributed by atoms with E-state index in [2.05, 4.69) is 0 Å². The van der Waals surface area contributed by atoms with Crippen LogP contribution < -0.4 is 0 Å². The standard InChI is InChI=1S/C14H28O6/c1-4-14(2,3)20-13(18)7-5-6-10-19-12(17)9-8-11(15)16/h11,13,15-16,18H,4-10H2,1-3H3. The summed E-state index contributed by atoms with van der Waals surface area (Å²) in [4.78, 5) is 11.2. The number of hydrogen-bond acceptors (Lipinski definition) is 6. The highest BCUT2D eigenvalue weighted by Gasteiger charge is 2.19. The molecule has 20 heavy (non-hydrogen) atoms. The van der Waals surface area contributed by atoms with Crippen molar-refractivity contribution in [2.75, 3.05) is 6.61 Å². The van der Waals surface area contributed by atoms with E-state index in [1.165, 1.54) is 0 Å². The van der Waals surface area contributed by atoms with Crippen LogP contribution in [-0.2, 0) is 14.3 Å². The molecule has 0 radical (unpaired) electrons. The Hall–Kier alpha value is -0.690. The molecule has 0 aliphatic rings. The van der Waals surface area contributed by atoms with Crippen molar-refractivity contribution in [3.63, 3.8) is 0 Å². The molecule has 0 rings (SSSR count). The van der Waals surface area contributed by atoms with Crippen molar-refractivity contribution < 1.29 is 29.6 Å². The molecule has 3 N–H and O–H groups in total. The molecule has 0 amide bonds. The van der Waals surface area contributed by atoms with E-state index in [9.17, 15) is 9.90 Å². The summed E-state index contributed by atoms with van der Waals surface area (Å²) in [5.74, 6) is -0.443. The van der Waals surface area contributed by atoms with Gasteiger partial charge in [0.15, 0.2) is 12.6 Å². The summed E-state index contributed by atoms with van der Waals surface area (Å²) in [7, 11) is 0. The molecule has 0 saturated heterocycles. The van der Waals surface area contributed by atoms with Crippen LogP contribution in [-0.4, -0.2) is 46.1 Å². The minimum absolute atomic E-state index is 0.00586. The van der Waals surface area contributed by atoms with Crippen LogP contribution >= 0.6 is 0 Å². The Morgan fingerprint density at radius 3 is 2.35 bits per heavy atom. The highest BCUT2D eigenvalue weighted by Crippen LogP contribution is 2.17. The van der Waals surface area contributed by atoms with Gasteiger partial charge < -0.3 is 24.8 Å². The molecule has 0 aromatic rings. The first kappa shape index (κ1) is 19.3. The predicted octanol–water partition coefficient (Wildman–Crippen LogP) is 1.31. The van der Waals surface area contributed by atoms with Crippen LogP contribution in [0.15, 0.2) is 0 Å². The fraction of sp³-hybridized carbons (Fsp3) is 0.929. The summed E-state index contributed by atoms with van der Waals surface area (Å²) in [6, 6.07) is 0. The highest BCUT2D eigenvalue weighted by molar-refractivity contribution is 5.69. The quantitative estimate of drug-likeness (QED) is 0.302. The Labute approximate surface area is 120 Å². The van der Waals surface area contributed by atoms with Gasteiger partial charge in [0.2, 0.25) is 0 Å². The lowest BCUT2D eigenvalue weighted by atomic mass is 10.1. The smallest absolute Gasteiger partial charge is 0.305 e. The van der Waals surface area contributed by atoms with Gasteiger partial charge in [0.25, 0.3) is 0 Å². The summed E-state index contributed by atoms with van der Waals surface area (Å²) in [5, 5.41) is 26.9. The second kappa shape index (κ2) is 10.1. The number of ether oxygens (including phenoxy) is 2. The van der Waals surface area contributed by atoms with E-state index < -0.39 is 18.5 Å². The minimum atomic E-state index is -1.48. The van der Waals surface area contributed by atoms with Crippen LogP contribution in [0.4, 0.5) is 0 Å². The van der Waals surface area contributed by atoms with E-state index in [1.807, 2.05) is 20.8 Å². The number of aliphatic hydroxyl groups excluding tert-OH is 2. The van der Waals surface area contributed by atoms with Gasteiger partial charge in [-0.1, -0.05) is 6.92 Å². The van der Waals surface area contributed by atoms with Crippen molar-refractivity contribution in [2.24, 2.45) is 0 Å². The number of hydrogen-bond donors (Lipinski definition) is 3. The van der Waals surface area contributed by atoms with Crippen molar-refractivity contribution in [3.8, 4) is 0 Å². The zero-order chi connectivity index (χ0) is 15.6. The minimum Gasteiger partial charge on any atom is -0.466 e. The molecule has 0 aromatic carbocycles. The molecule has 0 bridgehead atoms. The average Bonchev–Trinajstić information content (AvgIpc) is 2.35. The van der Waals surface area contributed by atoms with E-state index in [4.69, 9.17) is 19.7 Å². The molecule has 0 aromatic heterocycles. The lowest BCUT2D eigenvalue weighted by Gasteiger charge is -2.27. The average molecular weight is 292 g/mol. The first-order valence-electron chi connectivity index (χ1n) is 7.14. The summed E-state index contributed by atoms with van der Waals surface area (Å²) in [6.07, 6.45) is 0.347. The summed E-state index contributed by atoms with van der Waals surface area (Å²) >= 11 is 0. The molecular weight excluding hydrogens is 264 g/mol. The van der Waals surface area contributed by atoms with E-state index in [0.717, 1.165) is 6.42 Å². The van der Waals surface area contributed by atoms with Crippen LogP contribution in [0, 0.1) is 0 Å². The fourth-order valence-electron chi connectivity index (χ4n) is 1.44. The first-order chi connectivity index (χ1) is 9.26. The van der Waals surface area contributed by atoms with Crippen molar-refractivity contribution >= 4 is 5.97 Å². The molecule has 120 valence electrons. The Balaban J connectivity index is 3.55. The monoisotopic (exact) mass is 292 g/mol. The topological polar surface area (TPSA) is 96.2 Å². The van der Waals surface area contributed by atoms with Crippen molar-refractivity contribution in [1.82, 2.24) is 0 Å². The van der Waals surface area contributed by atoms with Gasteiger partial charge in [-0.05, 0) is 39.5 Å². The number of rotatable bonds is 11. The van der Waals surface area contributed by atoms with E-state index in [-0.39, 0.29) is 25.0 Å². The lowest BCUT2D eigenvalue weighted by Crippen LogP contribution is -2.29. The molecule has 0 heterocycles. The van der Waals surface area contributed by atoms with Crippen molar-refractivity contribution in [2.45, 2.75) is 77.5 Å². The normalized spacial score (nSPS) is 13.6. The van der Waals surface area contributed by atoms with Gasteiger partial charge in [0.05, 0.1) is 18.6 Å². The van der Waals surface area contributed by atoms with Crippen LogP contribution in [0.5, 0.6) is 0 Å².